The fraction of sp³-hybridized carbons (Fsp3) is 0.160. The zero-order valence-electron chi connectivity index (χ0n) is 16.0. The Labute approximate surface area is 169 Å². The maximum absolute atomic E-state index is 12.7. The molecule has 146 valence electrons. The Hall–Kier alpha value is -3.53. The molecule has 4 nitrogen and oxygen atoms in total. The molecule has 0 aliphatic heterocycles. The topological polar surface area (TPSA) is 59.7 Å². The van der Waals surface area contributed by atoms with Gasteiger partial charge in [0, 0.05) is 10.9 Å². The maximum Gasteiger partial charge on any atom is 0.339 e. The molecular weight excluding hydrogens is 364 g/mol. The van der Waals surface area contributed by atoms with E-state index >= 15 is 0 Å². The number of aromatic hydroxyl groups is 1. The van der Waals surface area contributed by atoms with E-state index in [-0.39, 0.29) is 17.3 Å². The molecule has 1 heterocycles. The van der Waals surface area contributed by atoms with Crippen LogP contribution in [0.4, 0.5) is 0 Å². The molecule has 0 radical (unpaired) electrons. The van der Waals surface area contributed by atoms with Crippen LogP contribution in [0.3, 0.4) is 0 Å². The molecule has 4 heteroatoms. The Kier molecular flexibility index (Phi) is 5.61. The second-order valence-electron chi connectivity index (χ2n) is 7.04. The largest absolute Gasteiger partial charge is 0.508 e. The Balaban J connectivity index is 1.61. The lowest BCUT2D eigenvalue weighted by molar-refractivity contribution is 0.295. The summed E-state index contributed by atoms with van der Waals surface area (Å²) in [6.45, 7) is 0.485. The lowest BCUT2D eigenvalue weighted by Gasteiger charge is -2.17. The van der Waals surface area contributed by atoms with E-state index < -0.39 is 0 Å². The number of fused-ring (bicyclic) bond motifs is 1. The number of phenolic OH excluding ortho intramolecular Hbond substituents is 1. The summed E-state index contributed by atoms with van der Waals surface area (Å²) in [7, 11) is 0. The third-order valence-corrected chi connectivity index (χ3v) is 5.00. The van der Waals surface area contributed by atoms with E-state index in [1.807, 2.05) is 66.7 Å². The summed E-state index contributed by atoms with van der Waals surface area (Å²) in [4.78, 5) is 12.7. The van der Waals surface area contributed by atoms with Gasteiger partial charge in [-0.05, 0) is 60.7 Å². The van der Waals surface area contributed by atoms with Gasteiger partial charge in [-0.15, -0.1) is 0 Å². The highest BCUT2D eigenvalue weighted by Gasteiger charge is 2.18. The Morgan fingerprint density at radius 3 is 2.41 bits per heavy atom. The smallest absolute Gasteiger partial charge is 0.339 e. The van der Waals surface area contributed by atoms with E-state index in [9.17, 15) is 9.90 Å². The third-order valence-electron chi connectivity index (χ3n) is 5.00. The number of rotatable bonds is 7. The third kappa shape index (κ3) is 4.66. The van der Waals surface area contributed by atoms with Crippen molar-refractivity contribution in [2.45, 2.75) is 18.8 Å². The molecule has 4 rings (SSSR count). The first-order chi connectivity index (χ1) is 14.2. The molecule has 0 saturated heterocycles. The summed E-state index contributed by atoms with van der Waals surface area (Å²) in [5.41, 5.74) is 1.96. The maximum atomic E-state index is 12.7. The number of para-hydroxylation sites is 2. The molecule has 0 bridgehead atoms. The summed E-state index contributed by atoms with van der Waals surface area (Å²) >= 11 is 0. The minimum Gasteiger partial charge on any atom is -0.508 e. The minimum atomic E-state index is -0.313. The quantitative estimate of drug-likeness (QED) is 0.438. The van der Waals surface area contributed by atoms with Crippen LogP contribution in [0.15, 0.2) is 94.1 Å². The van der Waals surface area contributed by atoms with Gasteiger partial charge in [0.25, 0.3) is 0 Å². The molecule has 1 atom stereocenters. The zero-order chi connectivity index (χ0) is 20.1. The standard InChI is InChI=1S/C25H22O4/c26-21-12-10-18(11-13-21)16-19(14-15-28-22-7-2-1-3-8-22)23-17-20-6-4-5-9-24(20)29-25(23)27/h1-13,17,19,26H,14-16H2. The monoisotopic (exact) mass is 386 g/mol. The van der Waals surface area contributed by atoms with Crippen molar-refractivity contribution in [3.05, 3.63) is 106 Å². The molecule has 0 spiro atoms. The highest BCUT2D eigenvalue weighted by atomic mass is 16.5. The molecule has 0 saturated carbocycles. The highest BCUT2D eigenvalue weighted by molar-refractivity contribution is 5.76. The first kappa shape index (κ1) is 18.8. The normalized spacial score (nSPS) is 12.0. The van der Waals surface area contributed by atoms with Crippen LogP contribution in [-0.4, -0.2) is 11.7 Å². The van der Waals surface area contributed by atoms with Gasteiger partial charge in [-0.2, -0.15) is 0 Å². The SMILES string of the molecule is O=c1oc2ccccc2cc1C(CCOc1ccccc1)Cc1ccc(O)cc1. The van der Waals surface area contributed by atoms with E-state index in [0.29, 0.717) is 30.6 Å². The van der Waals surface area contributed by atoms with Gasteiger partial charge < -0.3 is 14.3 Å². The number of hydrogen-bond donors (Lipinski definition) is 1. The average Bonchev–Trinajstić information content (AvgIpc) is 2.75. The lowest BCUT2D eigenvalue weighted by atomic mass is 9.90. The van der Waals surface area contributed by atoms with Crippen LogP contribution in [0.2, 0.25) is 0 Å². The molecular formula is C25H22O4. The van der Waals surface area contributed by atoms with Crippen LogP contribution in [-0.2, 0) is 6.42 Å². The molecule has 1 N–H and O–H groups in total. The Morgan fingerprint density at radius 2 is 1.62 bits per heavy atom. The molecule has 0 fully saturated rings. The van der Waals surface area contributed by atoms with Gasteiger partial charge >= 0.3 is 5.63 Å². The summed E-state index contributed by atoms with van der Waals surface area (Å²) in [5.74, 6) is 0.966. The lowest BCUT2D eigenvalue weighted by Crippen LogP contribution is -2.17. The highest BCUT2D eigenvalue weighted by Crippen LogP contribution is 2.26. The van der Waals surface area contributed by atoms with Crippen LogP contribution in [0.5, 0.6) is 11.5 Å². The summed E-state index contributed by atoms with van der Waals surface area (Å²) < 4.78 is 11.4. The molecule has 0 amide bonds. The fourth-order valence-electron chi connectivity index (χ4n) is 3.48. The first-order valence-corrected chi connectivity index (χ1v) is 9.67. The second kappa shape index (κ2) is 8.65. The van der Waals surface area contributed by atoms with Gasteiger partial charge in [-0.25, -0.2) is 4.79 Å². The molecule has 0 aliphatic rings. The van der Waals surface area contributed by atoms with Gasteiger partial charge in [0.05, 0.1) is 6.61 Å². The average molecular weight is 386 g/mol. The van der Waals surface area contributed by atoms with Gasteiger partial charge in [0.15, 0.2) is 0 Å². The molecule has 0 aliphatic carbocycles. The van der Waals surface area contributed by atoms with Crippen molar-refractivity contribution >= 4 is 11.0 Å². The molecule has 4 aromatic rings. The van der Waals surface area contributed by atoms with E-state index in [4.69, 9.17) is 9.15 Å². The van der Waals surface area contributed by atoms with E-state index in [1.54, 1.807) is 18.2 Å². The van der Waals surface area contributed by atoms with Gasteiger partial charge in [0.2, 0.25) is 0 Å². The number of phenols is 1. The minimum absolute atomic E-state index is 0.0656. The van der Waals surface area contributed by atoms with Crippen LogP contribution < -0.4 is 10.4 Å². The van der Waals surface area contributed by atoms with Crippen molar-refractivity contribution in [1.29, 1.82) is 0 Å². The van der Waals surface area contributed by atoms with Crippen LogP contribution >= 0.6 is 0 Å². The molecule has 1 aromatic heterocycles. The van der Waals surface area contributed by atoms with E-state index in [1.165, 1.54) is 0 Å². The predicted molar refractivity (Wildman–Crippen MR) is 114 cm³/mol. The number of ether oxygens (including phenoxy) is 1. The Morgan fingerprint density at radius 1 is 0.897 bits per heavy atom. The summed E-state index contributed by atoms with van der Waals surface area (Å²) in [5, 5.41) is 10.5. The molecule has 3 aromatic carbocycles. The number of benzene rings is 3. The van der Waals surface area contributed by atoms with Gasteiger partial charge in [-0.3, -0.25) is 0 Å². The van der Waals surface area contributed by atoms with Crippen molar-refractivity contribution in [3.8, 4) is 11.5 Å². The summed E-state index contributed by atoms with van der Waals surface area (Å²) in [6, 6.07) is 26.2. The van der Waals surface area contributed by atoms with Crippen LogP contribution in [0.25, 0.3) is 11.0 Å². The van der Waals surface area contributed by atoms with Crippen molar-refractivity contribution < 1.29 is 14.3 Å². The van der Waals surface area contributed by atoms with Crippen LogP contribution in [0.1, 0.15) is 23.5 Å². The Bertz CT molecular complexity index is 1130. The van der Waals surface area contributed by atoms with Gasteiger partial charge in [-0.1, -0.05) is 48.5 Å². The molecule has 1 unspecified atom stereocenters. The predicted octanol–water partition coefficient (Wildman–Crippen LogP) is 5.29. The van der Waals surface area contributed by atoms with E-state index in [2.05, 4.69) is 0 Å². The van der Waals surface area contributed by atoms with E-state index in [0.717, 1.165) is 16.7 Å². The van der Waals surface area contributed by atoms with Crippen LogP contribution in [0, 0.1) is 0 Å². The first-order valence-electron chi connectivity index (χ1n) is 9.67. The second-order valence-corrected chi connectivity index (χ2v) is 7.04. The van der Waals surface area contributed by atoms with Crippen molar-refractivity contribution in [1.82, 2.24) is 0 Å². The van der Waals surface area contributed by atoms with Crippen molar-refractivity contribution in [3.63, 3.8) is 0 Å². The zero-order valence-corrected chi connectivity index (χ0v) is 16.0. The van der Waals surface area contributed by atoms with Gasteiger partial charge in [0.1, 0.15) is 17.1 Å². The number of hydrogen-bond acceptors (Lipinski definition) is 4. The summed E-state index contributed by atoms with van der Waals surface area (Å²) in [6.07, 6.45) is 1.32. The fourth-order valence-corrected chi connectivity index (χ4v) is 3.48. The van der Waals surface area contributed by atoms with Crippen molar-refractivity contribution in [2.75, 3.05) is 6.61 Å². The van der Waals surface area contributed by atoms with Crippen molar-refractivity contribution in [2.24, 2.45) is 0 Å². The molecule has 29 heavy (non-hydrogen) atoms.